The highest BCUT2D eigenvalue weighted by Crippen LogP contribution is 2.33. The molecule has 2 nitrogen and oxygen atoms in total. The summed E-state index contributed by atoms with van der Waals surface area (Å²) >= 11 is 3.53. The van der Waals surface area contributed by atoms with Gasteiger partial charge in [-0.05, 0) is 28.8 Å². The molecule has 0 unspecified atom stereocenters. The molecule has 1 aromatic heterocycles. The van der Waals surface area contributed by atoms with Gasteiger partial charge in [0.25, 0.3) is 0 Å². The van der Waals surface area contributed by atoms with Crippen molar-refractivity contribution in [2.24, 2.45) is 0 Å². The Balaban J connectivity index is 2.10. The molecule has 1 aliphatic carbocycles. The van der Waals surface area contributed by atoms with Gasteiger partial charge in [-0.15, -0.1) is 0 Å². The Hall–Kier alpha value is -0.310. The minimum Gasteiger partial charge on any atom is -0.281 e. The second kappa shape index (κ2) is 4.27. The smallest absolute Gasteiger partial charge is 0.0632 e. The van der Waals surface area contributed by atoms with Gasteiger partial charge in [0.05, 0.1) is 16.4 Å². The topological polar surface area (TPSA) is 28.7 Å². The largest absolute Gasteiger partial charge is 0.281 e. The summed E-state index contributed by atoms with van der Waals surface area (Å²) in [6.45, 7) is 0. The molecule has 0 saturated heterocycles. The van der Waals surface area contributed by atoms with Gasteiger partial charge in [0.1, 0.15) is 0 Å². The highest BCUT2D eigenvalue weighted by atomic mass is 79.9. The molecule has 0 bridgehead atoms. The summed E-state index contributed by atoms with van der Waals surface area (Å²) in [5.74, 6) is 0.708. The molecule has 0 radical (unpaired) electrons. The average molecular weight is 243 g/mol. The fourth-order valence-electron chi connectivity index (χ4n) is 2.14. The van der Waals surface area contributed by atoms with E-state index in [1.165, 1.54) is 44.2 Å². The maximum absolute atomic E-state index is 4.06. The van der Waals surface area contributed by atoms with Crippen LogP contribution < -0.4 is 0 Å². The van der Waals surface area contributed by atoms with Crippen molar-refractivity contribution >= 4 is 15.9 Å². The monoisotopic (exact) mass is 242 g/mol. The van der Waals surface area contributed by atoms with Crippen LogP contribution in [0.2, 0.25) is 0 Å². The first-order valence-electron chi connectivity index (χ1n) is 5.06. The lowest BCUT2D eigenvalue weighted by atomic mass is 9.97. The van der Waals surface area contributed by atoms with Crippen LogP contribution in [0.15, 0.2) is 10.7 Å². The lowest BCUT2D eigenvalue weighted by Crippen LogP contribution is -1.98. The Morgan fingerprint density at radius 2 is 1.92 bits per heavy atom. The van der Waals surface area contributed by atoms with Gasteiger partial charge in [0.2, 0.25) is 0 Å². The molecule has 1 N–H and O–H groups in total. The van der Waals surface area contributed by atoms with Crippen molar-refractivity contribution in [1.82, 2.24) is 10.2 Å². The summed E-state index contributed by atoms with van der Waals surface area (Å²) in [4.78, 5) is 0. The fraction of sp³-hybridized carbons (Fsp3) is 0.700. The first-order valence-corrected chi connectivity index (χ1v) is 5.86. The van der Waals surface area contributed by atoms with Gasteiger partial charge in [-0.3, -0.25) is 5.10 Å². The minimum atomic E-state index is 0.708. The molecule has 0 aromatic carbocycles. The summed E-state index contributed by atoms with van der Waals surface area (Å²) < 4.78 is 1.15. The van der Waals surface area contributed by atoms with Gasteiger partial charge in [-0.2, -0.15) is 5.10 Å². The summed E-state index contributed by atoms with van der Waals surface area (Å²) in [6.07, 6.45) is 10.1. The second-order valence-corrected chi connectivity index (χ2v) is 4.67. The van der Waals surface area contributed by atoms with Gasteiger partial charge in [-0.25, -0.2) is 0 Å². The summed E-state index contributed by atoms with van der Waals surface area (Å²) in [6, 6.07) is 0. The van der Waals surface area contributed by atoms with E-state index in [0.29, 0.717) is 5.92 Å². The van der Waals surface area contributed by atoms with Crippen molar-refractivity contribution in [2.45, 2.75) is 44.4 Å². The maximum Gasteiger partial charge on any atom is 0.0632 e. The van der Waals surface area contributed by atoms with E-state index in [2.05, 4.69) is 26.1 Å². The SMILES string of the molecule is Brc1cn[nH]c1C1CCCCCC1. The molecule has 2 rings (SSSR count). The molecule has 13 heavy (non-hydrogen) atoms. The Kier molecular flexibility index (Phi) is 3.04. The first-order chi connectivity index (χ1) is 6.38. The summed E-state index contributed by atoms with van der Waals surface area (Å²) in [5.41, 5.74) is 1.31. The number of nitrogens with zero attached hydrogens (tertiary/aromatic N) is 1. The van der Waals surface area contributed by atoms with Crippen molar-refractivity contribution in [2.75, 3.05) is 0 Å². The van der Waals surface area contributed by atoms with Gasteiger partial charge >= 0.3 is 0 Å². The van der Waals surface area contributed by atoms with E-state index in [1.54, 1.807) is 0 Å². The van der Waals surface area contributed by atoms with Crippen LogP contribution in [0.1, 0.15) is 50.1 Å². The normalized spacial score (nSPS) is 20.1. The highest BCUT2D eigenvalue weighted by molar-refractivity contribution is 9.10. The number of hydrogen-bond donors (Lipinski definition) is 1. The number of aromatic amines is 1. The third kappa shape index (κ3) is 2.13. The van der Waals surface area contributed by atoms with E-state index in [0.717, 1.165) is 4.47 Å². The second-order valence-electron chi connectivity index (χ2n) is 3.82. The Morgan fingerprint density at radius 3 is 2.46 bits per heavy atom. The molecule has 1 fully saturated rings. The standard InChI is InChI=1S/C10H15BrN2/c11-9-7-12-13-10(9)8-5-3-1-2-4-6-8/h7-8H,1-6H2,(H,12,13). The quantitative estimate of drug-likeness (QED) is 0.750. The Labute approximate surface area is 87.2 Å². The molecule has 72 valence electrons. The van der Waals surface area contributed by atoms with Gasteiger partial charge in [0, 0.05) is 5.92 Å². The van der Waals surface area contributed by atoms with E-state index >= 15 is 0 Å². The number of rotatable bonds is 1. The zero-order valence-corrected chi connectivity index (χ0v) is 9.31. The lowest BCUT2D eigenvalue weighted by molar-refractivity contribution is 0.574. The zero-order chi connectivity index (χ0) is 9.10. The molecule has 3 heteroatoms. The third-order valence-corrected chi connectivity index (χ3v) is 3.52. The molecular weight excluding hydrogens is 228 g/mol. The van der Waals surface area contributed by atoms with E-state index in [-0.39, 0.29) is 0 Å². The Bertz CT molecular complexity index is 262. The lowest BCUT2D eigenvalue weighted by Gasteiger charge is -2.11. The van der Waals surface area contributed by atoms with E-state index in [1.807, 2.05) is 6.20 Å². The minimum absolute atomic E-state index is 0.708. The van der Waals surface area contributed by atoms with Crippen LogP contribution in [0.25, 0.3) is 0 Å². The van der Waals surface area contributed by atoms with Crippen LogP contribution in [0.3, 0.4) is 0 Å². The predicted octanol–water partition coefficient (Wildman–Crippen LogP) is 3.61. The van der Waals surface area contributed by atoms with Crippen LogP contribution in [0.5, 0.6) is 0 Å². The van der Waals surface area contributed by atoms with Crippen molar-refractivity contribution in [3.8, 4) is 0 Å². The molecule has 0 atom stereocenters. The molecule has 0 amide bonds. The van der Waals surface area contributed by atoms with Crippen molar-refractivity contribution < 1.29 is 0 Å². The maximum atomic E-state index is 4.06. The molecule has 0 aliphatic heterocycles. The van der Waals surface area contributed by atoms with E-state index in [4.69, 9.17) is 0 Å². The van der Waals surface area contributed by atoms with Crippen LogP contribution in [0, 0.1) is 0 Å². The summed E-state index contributed by atoms with van der Waals surface area (Å²) in [5, 5.41) is 7.16. The molecular formula is C10H15BrN2. The van der Waals surface area contributed by atoms with Crippen molar-refractivity contribution in [1.29, 1.82) is 0 Å². The predicted molar refractivity (Wildman–Crippen MR) is 56.7 cm³/mol. The first kappa shape index (κ1) is 9.25. The zero-order valence-electron chi connectivity index (χ0n) is 7.72. The molecule has 0 spiro atoms. The van der Waals surface area contributed by atoms with E-state index in [9.17, 15) is 0 Å². The van der Waals surface area contributed by atoms with Crippen LogP contribution in [-0.4, -0.2) is 10.2 Å². The third-order valence-electron chi connectivity index (χ3n) is 2.88. The number of nitrogens with one attached hydrogen (secondary N) is 1. The van der Waals surface area contributed by atoms with Gasteiger partial charge < -0.3 is 0 Å². The van der Waals surface area contributed by atoms with Crippen LogP contribution in [0.4, 0.5) is 0 Å². The molecule has 1 aromatic rings. The average Bonchev–Trinajstić information content (AvgIpc) is 2.43. The van der Waals surface area contributed by atoms with Gasteiger partial charge in [0.15, 0.2) is 0 Å². The fourth-order valence-corrected chi connectivity index (χ4v) is 2.65. The molecule has 1 heterocycles. The van der Waals surface area contributed by atoms with Crippen LogP contribution in [-0.2, 0) is 0 Å². The Morgan fingerprint density at radius 1 is 1.23 bits per heavy atom. The number of aromatic nitrogens is 2. The summed E-state index contributed by atoms with van der Waals surface area (Å²) in [7, 11) is 0. The van der Waals surface area contributed by atoms with Crippen molar-refractivity contribution in [3.05, 3.63) is 16.4 Å². The molecule has 1 aliphatic rings. The molecule has 1 saturated carbocycles. The van der Waals surface area contributed by atoms with Crippen molar-refractivity contribution in [3.63, 3.8) is 0 Å². The number of halogens is 1. The number of H-pyrrole nitrogens is 1. The van der Waals surface area contributed by atoms with E-state index < -0.39 is 0 Å². The van der Waals surface area contributed by atoms with Crippen LogP contribution >= 0.6 is 15.9 Å². The van der Waals surface area contributed by atoms with Gasteiger partial charge in [-0.1, -0.05) is 25.7 Å². The highest BCUT2D eigenvalue weighted by Gasteiger charge is 2.17. The number of hydrogen-bond acceptors (Lipinski definition) is 1.